The van der Waals surface area contributed by atoms with Gasteiger partial charge in [-0.05, 0) is 68.9 Å². The third-order valence-corrected chi connectivity index (χ3v) is 7.87. The van der Waals surface area contributed by atoms with Crippen molar-refractivity contribution >= 4 is 33.2 Å². The molecule has 0 saturated carbocycles. The molecule has 5 rings (SSSR count). The Kier molecular flexibility index (Phi) is 5.48. The minimum absolute atomic E-state index is 0.223. The SMILES string of the molecule is CCC(O)c1cc2nccc(-c3cc(Cl)cc(C)c3O[C@@H]3C[C@H]4CC[C@@H](C3)N4)c2s1. The molecule has 2 aromatic heterocycles. The van der Waals surface area contributed by atoms with Gasteiger partial charge in [-0.2, -0.15) is 0 Å². The zero-order chi connectivity index (χ0) is 20.8. The van der Waals surface area contributed by atoms with E-state index in [9.17, 15) is 5.11 Å². The van der Waals surface area contributed by atoms with Crippen molar-refractivity contribution in [3.8, 4) is 16.9 Å². The Bertz CT molecular complexity index is 1070. The molecule has 4 atom stereocenters. The number of piperidine rings is 1. The maximum atomic E-state index is 10.3. The van der Waals surface area contributed by atoms with Gasteiger partial charge in [0.05, 0.1) is 16.3 Å². The number of aromatic nitrogens is 1. The fourth-order valence-electron chi connectivity index (χ4n) is 4.89. The molecule has 2 N–H and O–H groups in total. The van der Waals surface area contributed by atoms with E-state index < -0.39 is 6.10 Å². The minimum Gasteiger partial charge on any atom is -0.489 e. The summed E-state index contributed by atoms with van der Waals surface area (Å²) in [4.78, 5) is 5.49. The molecule has 4 heterocycles. The van der Waals surface area contributed by atoms with Crippen molar-refractivity contribution in [1.29, 1.82) is 0 Å². The van der Waals surface area contributed by atoms with Gasteiger partial charge in [-0.25, -0.2) is 0 Å². The number of fused-ring (bicyclic) bond motifs is 3. The van der Waals surface area contributed by atoms with E-state index in [0.29, 0.717) is 23.5 Å². The van der Waals surface area contributed by atoms with Gasteiger partial charge < -0.3 is 15.2 Å². The molecule has 3 aromatic rings. The van der Waals surface area contributed by atoms with Crippen LogP contribution in [0.1, 0.15) is 55.6 Å². The van der Waals surface area contributed by atoms with Crippen LogP contribution < -0.4 is 10.1 Å². The van der Waals surface area contributed by atoms with E-state index in [4.69, 9.17) is 16.3 Å². The molecule has 2 fully saturated rings. The summed E-state index contributed by atoms with van der Waals surface area (Å²) in [6, 6.07) is 9.17. The highest BCUT2D eigenvalue weighted by molar-refractivity contribution is 7.19. The van der Waals surface area contributed by atoms with Gasteiger partial charge in [-0.3, -0.25) is 4.98 Å². The van der Waals surface area contributed by atoms with Crippen LogP contribution in [0.5, 0.6) is 5.75 Å². The van der Waals surface area contributed by atoms with Crippen molar-refractivity contribution in [2.45, 2.75) is 70.2 Å². The molecule has 1 unspecified atom stereocenters. The molecular formula is C24H27ClN2O2S. The van der Waals surface area contributed by atoms with Gasteiger partial charge in [0.15, 0.2) is 0 Å². The summed E-state index contributed by atoms with van der Waals surface area (Å²) >= 11 is 8.09. The van der Waals surface area contributed by atoms with E-state index in [2.05, 4.69) is 17.2 Å². The quantitative estimate of drug-likeness (QED) is 0.506. The van der Waals surface area contributed by atoms with Crippen LogP contribution in [0, 0.1) is 6.92 Å². The number of benzene rings is 1. The summed E-state index contributed by atoms with van der Waals surface area (Å²) in [5.74, 6) is 0.921. The molecule has 6 heteroatoms. The third-order valence-electron chi connectivity index (χ3n) is 6.39. The molecule has 2 bridgehead atoms. The first-order valence-corrected chi connectivity index (χ1v) is 12.0. The van der Waals surface area contributed by atoms with Gasteiger partial charge in [0.2, 0.25) is 0 Å². The lowest BCUT2D eigenvalue weighted by Gasteiger charge is -2.31. The number of thiophene rings is 1. The van der Waals surface area contributed by atoms with E-state index in [1.165, 1.54) is 12.8 Å². The van der Waals surface area contributed by atoms with Crippen LogP contribution in [-0.4, -0.2) is 28.3 Å². The van der Waals surface area contributed by atoms with Crippen LogP contribution >= 0.6 is 22.9 Å². The summed E-state index contributed by atoms with van der Waals surface area (Å²) in [6.07, 6.45) is 6.88. The van der Waals surface area contributed by atoms with E-state index in [-0.39, 0.29) is 6.10 Å². The average molecular weight is 443 g/mol. The molecule has 2 aliphatic heterocycles. The van der Waals surface area contributed by atoms with Crippen molar-refractivity contribution in [1.82, 2.24) is 10.3 Å². The molecule has 0 amide bonds. The topological polar surface area (TPSA) is 54.4 Å². The highest BCUT2D eigenvalue weighted by Crippen LogP contribution is 2.43. The molecule has 0 radical (unpaired) electrons. The number of pyridine rings is 1. The number of nitrogens with one attached hydrogen (secondary N) is 1. The molecule has 158 valence electrons. The van der Waals surface area contributed by atoms with Crippen LogP contribution in [0.3, 0.4) is 0 Å². The Hall–Kier alpha value is -1.66. The Morgan fingerprint density at radius 2 is 2.00 bits per heavy atom. The normalized spacial score (nSPS) is 24.3. The molecule has 0 spiro atoms. The summed E-state index contributed by atoms with van der Waals surface area (Å²) in [7, 11) is 0. The standard InChI is InChI=1S/C24H27ClN2O2S/c1-3-21(28)22-12-20-24(30-22)18(6-7-26-20)19-9-14(25)8-13(2)23(19)29-17-10-15-4-5-16(11-17)27-15/h6-9,12,15-17,21,27-28H,3-5,10-11H2,1-2H3/t15-,16+,17-,21?. The molecular weight excluding hydrogens is 416 g/mol. The lowest BCUT2D eigenvalue weighted by atomic mass is 10.00. The van der Waals surface area contributed by atoms with E-state index >= 15 is 0 Å². The van der Waals surface area contributed by atoms with Crippen molar-refractivity contribution in [3.63, 3.8) is 0 Å². The lowest BCUT2D eigenvalue weighted by Crippen LogP contribution is -2.42. The molecule has 1 aromatic carbocycles. The van der Waals surface area contributed by atoms with E-state index in [1.54, 1.807) is 11.3 Å². The monoisotopic (exact) mass is 442 g/mol. The summed E-state index contributed by atoms with van der Waals surface area (Å²) in [6.45, 7) is 4.06. The second-order valence-electron chi connectivity index (χ2n) is 8.59. The highest BCUT2D eigenvalue weighted by atomic mass is 35.5. The van der Waals surface area contributed by atoms with Crippen LogP contribution in [0.4, 0.5) is 0 Å². The first-order valence-electron chi connectivity index (χ1n) is 10.8. The van der Waals surface area contributed by atoms with Crippen LogP contribution in [0.25, 0.3) is 21.3 Å². The van der Waals surface area contributed by atoms with Crippen molar-refractivity contribution in [2.24, 2.45) is 0 Å². The van der Waals surface area contributed by atoms with Gasteiger partial charge in [-0.1, -0.05) is 18.5 Å². The zero-order valence-electron chi connectivity index (χ0n) is 17.3. The van der Waals surface area contributed by atoms with Crippen LogP contribution in [-0.2, 0) is 0 Å². The average Bonchev–Trinajstić information content (AvgIpc) is 3.32. The number of rotatable bonds is 5. The maximum absolute atomic E-state index is 10.3. The second-order valence-corrected chi connectivity index (χ2v) is 10.1. The Labute approximate surface area is 186 Å². The highest BCUT2D eigenvalue weighted by Gasteiger charge is 2.35. The molecule has 4 nitrogen and oxygen atoms in total. The number of halogens is 1. The largest absolute Gasteiger partial charge is 0.489 e. The van der Waals surface area contributed by atoms with Crippen molar-refractivity contribution < 1.29 is 9.84 Å². The number of aryl methyl sites for hydroxylation is 1. The molecule has 2 saturated heterocycles. The number of nitrogens with zero attached hydrogens (tertiary/aromatic N) is 1. The number of aliphatic hydroxyl groups excluding tert-OH is 1. The number of ether oxygens (including phenoxy) is 1. The first-order chi connectivity index (χ1) is 14.5. The van der Waals surface area contributed by atoms with Gasteiger partial charge in [-0.15, -0.1) is 11.3 Å². The van der Waals surface area contributed by atoms with Gasteiger partial charge in [0, 0.05) is 39.3 Å². The predicted octanol–water partition coefficient (Wildman–Crippen LogP) is 6.03. The summed E-state index contributed by atoms with van der Waals surface area (Å²) < 4.78 is 7.73. The van der Waals surface area contributed by atoms with Crippen molar-refractivity contribution in [3.05, 3.63) is 45.9 Å². The molecule has 30 heavy (non-hydrogen) atoms. The van der Waals surface area contributed by atoms with E-state index in [0.717, 1.165) is 50.4 Å². The predicted molar refractivity (Wildman–Crippen MR) is 124 cm³/mol. The molecule has 0 aliphatic carbocycles. The van der Waals surface area contributed by atoms with Crippen LogP contribution in [0.2, 0.25) is 5.02 Å². The smallest absolute Gasteiger partial charge is 0.130 e. The van der Waals surface area contributed by atoms with Gasteiger partial charge in [0.25, 0.3) is 0 Å². The molecule has 2 aliphatic rings. The maximum Gasteiger partial charge on any atom is 0.130 e. The number of aliphatic hydroxyl groups is 1. The number of hydrogen-bond acceptors (Lipinski definition) is 5. The van der Waals surface area contributed by atoms with Gasteiger partial charge in [0.1, 0.15) is 11.9 Å². The Balaban J connectivity index is 1.58. The third kappa shape index (κ3) is 3.73. The van der Waals surface area contributed by atoms with Crippen LogP contribution in [0.15, 0.2) is 30.5 Å². The number of hydrogen-bond donors (Lipinski definition) is 2. The summed E-state index contributed by atoms with van der Waals surface area (Å²) in [5.41, 5.74) is 4.04. The minimum atomic E-state index is -0.459. The lowest BCUT2D eigenvalue weighted by molar-refractivity contribution is 0.137. The summed E-state index contributed by atoms with van der Waals surface area (Å²) in [5, 5.41) is 14.7. The fourth-order valence-corrected chi connectivity index (χ4v) is 6.37. The zero-order valence-corrected chi connectivity index (χ0v) is 18.9. The fraction of sp³-hybridized carbons (Fsp3) is 0.458. The van der Waals surface area contributed by atoms with E-state index in [1.807, 2.05) is 37.4 Å². The Morgan fingerprint density at radius 1 is 1.23 bits per heavy atom. The van der Waals surface area contributed by atoms with Gasteiger partial charge >= 0.3 is 0 Å². The first kappa shape index (κ1) is 20.3. The second kappa shape index (κ2) is 8.12. The van der Waals surface area contributed by atoms with Crippen molar-refractivity contribution in [2.75, 3.05) is 0 Å². The Morgan fingerprint density at radius 3 is 2.73 bits per heavy atom.